The van der Waals surface area contributed by atoms with Gasteiger partial charge < -0.3 is 9.64 Å². The number of imide groups is 1. The average molecular weight is 288 g/mol. The number of piperidine rings is 1. The van der Waals surface area contributed by atoms with E-state index in [9.17, 15) is 14.4 Å². The summed E-state index contributed by atoms with van der Waals surface area (Å²) in [5.74, 6) is -0.270. The van der Waals surface area contributed by atoms with Crippen molar-refractivity contribution in [3.8, 4) is 5.75 Å². The minimum atomic E-state index is -1.00. The van der Waals surface area contributed by atoms with Crippen LogP contribution in [0.3, 0.4) is 0 Å². The normalized spacial score (nSPS) is 24.9. The van der Waals surface area contributed by atoms with Crippen LogP contribution in [0.4, 0.5) is 0 Å². The Morgan fingerprint density at radius 1 is 1.29 bits per heavy atom. The third-order valence-corrected chi connectivity index (χ3v) is 4.32. The van der Waals surface area contributed by atoms with Crippen molar-refractivity contribution >= 4 is 17.7 Å². The highest BCUT2D eigenvalue weighted by molar-refractivity contribution is 6.07. The molecule has 2 heterocycles. The van der Waals surface area contributed by atoms with E-state index in [1.165, 1.54) is 4.90 Å². The zero-order valence-electron chi connectivity index (χ0n) is 11.9. The molecule has 1 saturated heterocycles. The van der Waals surface area contributed by atoms with Gasteiger partial charge in [0.1, 0.15) is 11.3 Å². The number of rotatable bonds is 2. The van der Waals surface area contributed by atoms with E-state index >= 15 is 0 Å². The molecule has 6 heteroatoms. The summed E-state index contributed by atoms with van der Waals surface area (Å²) in [6.07, 6.45) is 0.569. The van der Waals surface area contributed by atoms with Crippen molar-refractivity contribution in [2.24, 2.45) is 0 Å². The minimum absolute atomic E-state index is 0.198. The van der Waals surface area contributed by atoms with Crippen molar-refractivity contribution in [3.05, 3.63) is 29.3 Å². The Bertz CT molecular complexity index is 655. The summed E-state index contributed by atoms with van der Waals surface area (Å²) >= 11 is 0. The van der Waals surface area contributed by atoms with Gasteiger partial charge in [-0.15, -0.1) is 0 Å². The summed E-state index contributed by atoms with van der Waals surface area (Å²) in [5.41, 5.74) is 0.339. The molecular formula is C15H16N2O4. The monoisotopic (exact) mass is 288 g/mol. The Labute approximate surface area is 122 Å². The Hall–Kier alpha value is -2.37. The lowest BCUT2D eigenvalue weighted by Gasteiger charge is -2.39. The second kappa shape index (κ2) is 4.58. The van der Waals surface area contributed by atoms with Gasteiger partial charge in [-0.2, -0.15) is 0 Å². The highest BCUT2D eigenvalue weighted by Crippen LogP contribution is 2.37. The lowest BCUT2D eigenvalue weighted by Crippen LogP contribution is -2.61. The van der Waals surface area contributed by atoms with Crippen LogP contribution >= 0.6 is 0 Å². The molecule has 1 aromatic carbocycles. The van der Waals surface area contributed by atoms with E-state index in [1.807, 2.05) is 0 Å². The number of nitrogens with one attached hydrogen (secondary N) is 1. The molecule has 0 spiro atoms. The van der Waals surface area contributed by atoms with Crippen LogP contribution in [-0.4, -0.2) is 35.3 Å². The van der Waals surface area contributed by atoms with E-state index in [2.05, 4.69) is 5.32 Å². The lowest BCUT2D eigenvalue weighted by molar-refractivity contribution is -0.142. The van der Waals surface area contributed by atoms with E-state index in [0.29, 0.717) is 24.3 Å². The quantitative estimate of drug-likeness (QED) is 0.818. The molecule has 3 amide bonds. The summed E-state index contributed by atoms with van der Waals surface area (Å²) in [4.78, 5) is 37.7. The van der Waals surface area contributed by atoms with Crippen LogP contribution in [0, 0.1) is 0 Å². The summed E-state index contributed by atoms with van der Waals surface area (Å²) in [7, 11) is 1.55. The number of fused-ring (bicyclic) bond motifs is 1. The van der Waals surface area contributed by atoms with Crippen LogP contribution in [0.1, 0.15) is 35.7 Å². The lowest BCUT2D eigenvalue weighted by atomic mass is 9.89. The standard InChI is InChI=1S/C15H16N2O4/c1-15(7-6-12(18)16-14(15)20)17-8-10-9(13(17)19)4-3-5-11(10)21-2/h3-5H,6-8H2,1-2H3,(H,16,18,20). The predicted octanol–water partition coefficient (Wildman–Crippen LogP) is 0.846. The molecule has 6 nitrogen and oxygen atoms in total. The maximum absolute atomic E-state index is 12.6. The average Bonchev–Trinajstić information content (AvgIpc) is 2.81. The second-order valence-electron chi connectivity index (χ2n) is 5.53. The van der Waals surface area contributed by atoms with Crippen LogP contribution in [-0.2, 0) is 16.1 Å². The van der Waals surface area contributed by atoms with Gasteiger partial charge >= 0.3 is 0 Å². The van der Waals surface area contributed by atoms with Gasteiger partial charge in [0.15, 0.2) is 0 Å². The zero-order valence-corrected chi connectivity index (χ0v) is 11.9. The summed E-state index contributed by atoms with van der Waals surface area (Å²) in [6, 6.07) is 5.28. The fraction of sp³-hybridized carbons (Fsp3) is 0.400. The molecule has 0 bridgehead atoms. The van der Waals surface area contributed by atoms with Crippen LogP contribution in [0.5, 0.6) is 5.75 Å². The van der Waals surface area contributed by atoms with Gasteiger partial charge in [0.25, 0.3) is 11.8 Å². The first-order valence-corrected chi connectivity index (χ1v) is 6.79. The van der Waals surface area contributed by atoms with E-state index in [1.54, 1.807) is 32.2 Å². The molecule has 0 aromatic heterocycles. The van der Waals surface area contributed by atoms with Crippen LogP contribution in [0.25, 0.3) is 0 Å². The molecule has 1 unspecified atom stereocenters. The molecule has 3 rings (SSSR count). The fourth-order valence-electron chi connectivity index (χ4n) is 2.95. The molecule has 1 atom stereocenters. The number of methoxy groups -OCH3 is 1. The summed E-state index contributed by atoms with van der Waals surface area (Å²) in [6.45, 7) is 2.02. The highest BCUT2D eigenvalue weighted by atomic mass is 16.5. The number of hydrogen-bond acceptors (Lipinski definition) is 4. The van der Waals surface area contributed by atoms with Crippen molar-refractivity contribution in [1.29, 1.82) is 0 Å². The first-order valence-electron chi connectivity index (χ1n) is 6.79. The molecule has 0 radical (unpaired) electrons. The van der Waals surface area contributed by atoms with E-state index in [4.69, 9.17) is 4.74 Å². The maximum atomic E-state index is 12.6. The van der Waals surface area contributed by atoms with E-state index < -0.39 is 11.4 Å². The molecular weight excluding hydrogens is 272 g/mol. The number of nitrogens with zero attached hydrogens (tertiary/aromatic N) is 1. The number of carbonyl (C=O) groups excluding carboxylic acids is 3. The molecule has 2 aliphatic heterocycles. The highest BCUT2D eigenvalue weighted by Gasteiger charge is 2.48. The van der Waals surface area contributed by atoms with Gasteiger partial charge in [0.05, 0.1) is 13.7 Å². The summed E-state index contributed by atoms with van der Waals surface area (Å²) in [5, 5.41) is 2.32. The van der Waals surface area contributed by atoms with Gasteiger partial charge in [-0.3, -0.25) is 19.7 Å². The predicted molar refractivity (Wildman–Crippen MR) is 73.7 cm³/mol. The molecule has 1 fully saturated rings. The van der Waals surface area contributed by atoms with Crippen molar-refractivity contribution in [2.45, 2.75) is 31.8 Å². The first-order chi connectivity index (χ1) is 9.97. The molecule has 0 aliphatic carbocycles. The Kier molecular flexibility index (Phi) is 2.97. The molecule has 110 valence electrons. The number of benzene rings is 1. The zero-order chi connectivity index (χ0) is 15.2. The van der Waals surface area contributed by atoms with E-state index in [-0.39, 0.29) is 18.2 Å². The van der Waals surface area contributed by atoms with Crippen molar-refractivity contribution < 1.29 is 19.1 Å². The van der Waals surface area contributed by atoms with Crippen molar-refractivity contribution in [2.75, 3.05) is 7.11 Å². The molecule has 1 N–H and O–H groups in total. The van der Waals surface area contributed by atoms with Gasteiger partial charge in [-0.05, 0) is 25.5 Å². The molecule has 0 saturated carbocycles. The van der Waals surface area contributed by atoms with Gasteiger partial charge in [-0.1, -0.05) is 6.07 Å². The third kappa shape index (κ3) is 1.90. The van der Waals surface area contributed by atoms with Gasteiger partial charge in [0, 0.05) is 17.5 Å². The number of hydrogen-bond donors (Lipinski definition) is 1. The van der Waals surface area contributed by atoms with Crippen LogP contribution in [0.2, 0.25) is 0 Å². The molecule has 1 aromatic rings. The SMILES string of the molecule is COc1cccc2c1CN(C1(C)CCC(=O)NC1=O)C2=O. The Morgan fingerprint density at radius 2 is 2.05 bits per heavy atom. The second-order valence-corrected chi connectivity index (χ2v) is 5.53. The Morgan fingerprint density at radius 3 is 2.71 bits per heavy atom. The third-order valence-electron chi connectivity index (χ3n) is 4.32. The smallest absolute Gasteiger partial charge is 0.255 e. The van der Waals surface area contributed by atoms with Crippen molar-refractivity contribution in [1.82, 2.24) is 10.2 Å². The Balaban J connectivity index is 1.98. The largest absolute Gasteiger partial charge is 0.496 e. The van der Waals surface area contributed by atoms with Gasteiger partial charge in [0.2, 0.25) is 5.91 Å². The topological polar surface area (TPSA) is 75.7 Å². The molecule has 2 aliphatic rings. The number of ether oxygens (including phenoxy) is 1. The number of carbonyl (C=O) groups is 3. The van der Waals surface area contributed by atoms with Gasteiger partial charge in [-0.25, -0.2) is 0 Å². The van der Waals surface area contributed by atoms with E-state index in [0.717, 1.165) is 5.56 Å². The fourth-order valence-corrected chi connectivity index (χ4v) is 2.95. The number of amides is 3. The summed E-state index contributed by atoms with van der Waals surface area (Å²) < 4.78 is 5.28. The maximum Gasteiger partial charge on any atom is 0.255 e. The van der Waals surface area contributed by atoms with Crippen LogP contribution < -0.4 is 10.1 Å². The minimum Gasteiger partial charge on any atom is -0.496 e. The first kappa shape index (κ1) is 13.6. The van der Waals surface area contributed by atoms with Crippen LogP contribution in [0.15, 0.2) is 18.2 Å². The van der Waals surface area contributed by atoms with Crippen molar-refractivity contribution in [3.63, 3.8) is 0 Å². The molecule has 21 heavy (non-hydrogen) atoms.